The lowest BCUT2D eigenvalue weighted by Crippen LogP contribution is -1.89. The zero-order valence-corrected chi connectivity index (χ0v) is 12.5. The average Bonchev–Trinajstić information content (AvgIpc) is 2.50. The van der Waals surface area contributed by atoms with Crippen LogP contribution < -0.4 is 5.32 Å². The largest absolute Gasteiger partial charge is 0.361 e. The number of hydrogen-bond donors (Lipinski definition) is 1. The van der Waals surface area contributed by atoms with E-state index in [-0.39, 0.29) is 0 Å². The number of nitrogens with zero attached hydrogens (tertiary/aromatic N) is 1. The Labute approximate surface area is 126 Å². The van der Waals surface area contributed by atoms with Gasteiger partial charge in [-0.25, -0.2) is 0 Å². The molecule has 2 aromatic rings. The number of aliphatic imine (C=N–C) groups is 1. The van der Waals surface area contributed by atoms with Crippen molar-refractivity contribution in [1.82, 2.24) is 0 Å². The van der Waals surface area contributed by atoms with Crippen LogP contribution in [0.25, 0.3) is 0 Å². The van der Waals surface area contributed by atoms with Gasteiger partial charge < -0.3 is 5.32 Å². The fraction of sp³-hybridized carbons (Fsp3) is 0.105. The summed E-state index contributed by atoms with van der Waals surface area (Å²) >= 11 is 0. The van der Waals surface area contributed by atoms with Crippen molar-refractivity contribution >= 4 is 17.6 Å². The van der Waals surface area contributed by atoms with E-state index in [1.165, 1.54) is 11.1 Å². The van der Waals surface area contributed by atoms with Gasteiger partial charge in [0, 0.05) is 18.1 Å². The molecule has 1 N–H and O–H groups in total. The minimum atomic E-state index is 1.00. The predicted octanol–water partition coefficient (Wildman–Crippen LogP) is 5.19. The van der Waals surface area contributed by atoms with Gasteiger partial charge >= 0.3 is 0 Å². The summed E-state index contributed by atoms with van der Waals surface area (Å²) < 4.78 is 0. The molecule has 0 aromatic heterocycles. The molecule has 0 amide bonds. The fourth-order valence-electron chi connectivity index (χ4n) is 1.87. The second-order valence-corrected chi connectivity index (χ2v) is 4.77. The van der Waals surface area contributed by atoms with E-state index in [0.29, 0.717) is 0 Å². The Morgan fingerprint density at radius 3 is 2.29 bits per heavy atom. The van der Waals surface area contributed by atoms with Crippen LogP contribution >= 0.6 is 0 Å². The molecule has 0 aliphatic heterocycles. The first-order chi connectivity index (χ1) is 10.3. The molecule has 0 saturated heterocycles. The molecule has 0 saturated carbocycles. The van der Waals surface area contributed by atoms with E-state index in [2.05, 4.69) is 42.4 Å². The van der Waals surface area contributed by atoms with E-state index in [4.69, 9.17) is 0 Å². The number of benzene rings is 2. The topological polar surface area (TPSA) is 24.4 Å². The summed E-state index contributed by atoms with van der Waals surface area (Å²) in [6.45, 7) is 4.14. The number of nitrogens with one attached hydrogen (secondary N) is 1. The molecule has 0 aliphatic rings. The molecular weight excluding hydrogens is 256 g/mol. The molecule has 0 fully saturated rings. The van der Waals surface area contributed by atoms with E-state index in [1.54, 1.807) is 6.21 Å². The van der Waals surface area contributed by atoms with Crippen molar-refractivity contribution in [2.24, 2.45) is 4.99 Å². The van der Waals surface area contributed by atoms with Gasteiger partial charge in [-0.15, -0.1) is 0 Å². The van der Waals surface area contributed by atoms with E-state index in [1.807, 2.05) is 54.8 Å². The quantitative estimate of drug-likeness (QED) is 0.590. The van der Waals surface area contributed by atoms with Gasteiger partial charge in [-0.1, -0.05) is 42.5 Å². The van der Waals surface area contributed by atoms with Crippen molar-refractivity contribution in [2.75, 3.05) is 5.32 Å². The van der Waals surface area contributed by atoms with Crippen LogP contribution in [0.1, 0.15) is 11.1 Å². The van der Waals surface area contributed by atoms with Crippen molar-refractivity contribution in [3.63, 3.8) is 0 Å². The number of para-hydroxylation sites is 2. The molecule has 0 unspecified atom stereocenters. The molecular formula is C19H20N2. The Morgan fingerprint density at radius 2 is 1.52 bits per heavy atom. The number of allylic oxidation sites excluding steroid dienone is 3. The Hall–Kier alpha value is -2.61. The second kappa shape index (κ2) is 7.85. The molecule has 2 aromatic carbocycles. The lowest BCUT2D eigenvalue weighted by Gasteiger charge is -2.03. The molecule has 0 spiro atoms. The third-order valence-corrected chi connectivity index (χ3v) is 3.12. The average molecular weight is 276 g/mol. The number of anilines is 1. The van der Waals surface area contributed by atoms with Gasteiger partial charge in [-0.2, -0.15) is 0 Å². The van der Waals surface area contributed by atoms with E-state index < -0.39 is 0 Å². The monoisotopic (exact) mass is 276 g/mol. The van der Waals surface area contributed by atoms with Crippen molar-refractivity contribution < 1.29 is 0 Å². The van der Waals surface area contributed by atoms with Crippen LogP contribution in [0.5, 0.6) is 0 Å². The maximum absolute atomic E-state index is 4.41. The zero-order chi connectivity index (χ0) is 14.9. The summed E-state index contributed by atoms with van der Waals surface area (Å²) in [5, 5.41) is 3.25. The normalized spacial score (nSPS) is 11.7. The first-order valence-corrected chi connectivity index (χ1v) is 7.01. The molecule has 2 nitrogen and oxygen atoms in total. The van der Waals surface area contributed by atoms with E-state index in [0.717, 1.165) is 11.4 Å². The van der Waals surface area contributed by atoms with Crippen LogP contribution in [0.3, 0.4) is 0 Å². The predicted molar refractivity (Wildman–Crippen MR) is 92.4 cm³/mol. The van der Waals surface area contributed by atoms with Crippen LogP contribution in [0.2, 0.25) is 0 Å². The number of rotatable bonds is 5. The van der Waals surface area contributed by atoms with Crippen LogP contribution in [-0.2, 0) is 0 Å². The van der Waals surface area contributed by atoms with Gasteiger partial charge in [0.15, 0.2) is 0 Å². The minimum Gasteiger partial charge on any atom is -0.361 e. The minimum absolute atomic E-state index is 1.00. The summed E-state index contributed by atoms with van der Waals surface area (Å²) in [5.74, 6) is 0. The zero-order valence-electron chi connectivity index (χ0n) is 12.5. The highest BCUT2D eigenvalue weighted by Crippen LogP contribution is 2.16. The molecule has 0 bridgehead atoms. The third kappa shape index (κ3) is 4.77. The first kappa shape index (κ1) is 14.8. The van der Waals surface area contributed by atoms with Crippen LogP contribution in [0.15, 0.2) is 78.0 Å². The molecule has 2 rings (SSSR count). The van der Waals surface area contributed by atoms with Gasteiger partial charge in [0.05, 0.1) is 5.69 Å². The molecule has 0 atom stereocenters. The van der Waals surface area contributed by atoms with Crippen LogP contribution in [0.4, 0.5) is 11.4 Å². The van der Waals surface area contributed by atoms with Crippen molar-refractivity contribution in [3.8, 4) is 0 Å². The standard InChI is InChI=1S/C19H20N2/c1-16-10-4-6-12-18(16)20-14-8-3-9-15-21-19-13-7-5-11-17(19)2/h3-15,20H,1-2H3/b9-3+,14-8+,21-15?. The van der Waals surface area contributed by atoms with E-state index in [9.17, 15) is 0 Å². The van der Waals surface area contributed by atoms with Crippen molar-refractivity contribution in [3.05, 3.63) is 84.1 Å². The maximum Gasteiger partial charge on any atom is 0.0658 e. The highest BCUT2D eigenvalue weighted by atomic mass is 14.8. The Balaban J connectivity index is 1.84. The van der Waals surface area contributed by atoms with Crippen molar-refractivity contribution in [1.29, 1.82) is 0 Å². The van der Waals surface area contributed by atoms with Crippen LogP contribution in [0, 0.1) is 13.8 Å². The Bertz CT molecular complexity index is 667. The van der Waals surface area contributed by atoms with Gasteiger partial charge in [-0.3, -0.25) is 4.99 Å². The van der Waals surface area contributed by atoms with Gasteiger partial charge in [-0.05, 0) is 49.3 Å². The van der Waals surface area contributed by atoms with Crippen molar-refractivity contribution in [2.45, 2.75) is 13.8 Å². The van der Waals surface area contributed by atoms with Gasteiger partial charge in [0.25, 0.3) is 0 Å². The highest BCUT2D eigenvalue weighted by molar-refractivity contribution is 5.75. The SMILES string of the molecule is Cc1ccccc1N=C/C=C/C=C/Nc1ccccc1C. The summed E-state index contributed by atoms with van der Waals surface area (Å²) in [6, 6.07) is 16.3. The Kier molecular flexibility index (Phi) is 5.53. The number of hydrogen-bond acceptors (Lipinski definition) is 2. The molecule has 0 aliphatic carbocycles. The summed E-state index contributed by atoms with van der Waals surface area (Å²) in [5.41, 5.74) is 4.53. The lowest BCUT2D eigenvalue weighted by atomic mass is 10.2. The molecule has 0 radical (unpaired) electrons. The molecule has 21 heavy (non-hydrogen) atoms. The summed E-state index contributed by atoms with van der Waals surface area (Å²) in [6.07, 6.45) is 9.55. The smallest absolute Gasteiger partial charge is 0.0658 e. The Morgan fingerprint density at radius 1 is 0.810 bits per heavy atom. The lowest BCUT2D eigenvalue weighted by molar-refractivity contribution is 1.41. The second-order valence-electron chi connectivity index (χ2n) is 4.77. The van der Waals surface area contributed by atoms with Gasteiger partial charge in [0.1, 0.15) is 0 Å². The highest BCUT2D eigenvalue weighted by Gasteiger charge is 1.91. The first-order valence-electron chi connectivity index (χ1n) is 7.01. The molecule has 106 valence electrons. The fourth-order valence-corrected chi connectivity index (χ4v) is 1.87. The summed E-state index contributed by atoms with van der Waals surface area (Å²) in [7, 11) is 0. The molecule has 0 heterocycles. The number of aryl methyl sites for hydroxylation is 2. The maximum atomic E-state index is 4.41. The molecule has 2 heteroatoms. The summed E-state index contributed by atoms with van der Waals surface area (Å²) in [4.78, 5) is 4.41. The van der Waals surface area contributed by atoms with Gasteiger partial charge in [0.2, 0.25) is 0 Å². The van der Waals surface area contributed by atoms with E-state index >= 15 is 0 Å². The van der Waals surface area contributed by atoms with Crippen LogP contribution in [-0.4, -0.2) is 6.21 Å². The third-order valence-electron chi connectivity index (χ3n) is 3.12.